The minimum absolute atomic E-state index is 0.548. The number of fused-ring (bicyclic) bond motifs is 13. The Kier molecular flexibility index (Phi) is 8.43. The van der Waals surface area contributed by atoms with Crippen LogP contribution in [0.5, 0.6) is 0 Å². The third-order valence-corrected chi connectivity index (χ3v) is 15.2. The van der Waals surface area contributed by atoms with Crippen molar-refractivity contribution in [1.29, 1.82) is 0 Å². The summed E-state index contributed by atoms with van der Waals surface area (Å²) in [6.07, 6.45) is 0. The summed E-state index contributed by atoms with van der Waals surface area (Å²) in [5, 5.41) is 9.46. The summed E-state index contributed by atoms with van der Waals surface area (Å²) in [6.45, 7) is 0. The third kappa shape index (κ3) is 5.82. The molecule has 0 N–H and O–H groups in total. The molecule has 0 aliphatic heterocycles. The molecular weight excluding hydrogens is 873 g/mol. The fourth-order valence-corrected chi connectivity index (χ4v) is 12.1. The summed E-state index contributed by atoms with van der Waals surface area (Å²) in [5.74, 6) is 1.77. The Morgan fingerprint density at radius 2 is 0.786 bits per heavy atom. The molecule has 0 aliphatic carbocycles. The monoisotopic (exact) mass is 910 g/mol. The summed E-state index contributed by atoms with van der Waals surface area (Å²) in [7, 11) is 0. The van der Waals surface area contributed by atoms with E-state index in [1.165, 1.54) is 41.9 Å². The van der Waals surface area contributed by atoms with Gasteiger partial charge in [-0.05, 0) is 71.8 Å². The number of para-hydroxylation sites is 3. The second kappa shape index (κ2) is 15.2. The van der Waals surface area contributed by atoms with Gasteiger partial charge < -0.3 is 9.13 Å². The lowest BCUT2D eigenvalue weighted by Crippen LogP contribution is -2.07. The van der Waals surface area contributed by atoms with Crippen LogP contribution in [-0.4, -0.2) is 28.7 Å². The van der Waals surface area contributed by atoms with Gasteiger partial charge in [-0.2, -0.15) is 9.97 Å². The maximum absolute atomic E-state index is 5.53. The van der Waals surface area contributed by atoms with Gasteiger partial charge in [-0.3, -0.25) is 4.57 Å². The average Bonchev–Trinajstić information content (AvgIpc) is 4.17. The Morgan fingerprint density at radius 1 is 0.271 bits per heavy atom. The second-order valence-corrected chi connectivity index (χ2v) is 19.1. The zero-order valence-corrected chi connectivity index (χ0v) is 38.3. The SMILES string of the molecule is c1ccc(-c2cccc(-n3c4ccccc4c4ccc5c6cc(-n7c8ccccc8c8ccccc87)ccc6n(-c6nc(-c7ccccc7)nc(-c7ccc8c(c7)sc7ccccc78)n6)c5c43)c2)cc1. The third-order valence-electron chi connectivity index (χ3n) is 14.1. The topological polar surface area (TPSA) is 53.5 Å². The Balaban J connectivity index is 1.07. The normalized spacial score (nSPS) is 12.0. The predicted octanol–water partition coefficient (Wildman–Crippen LogP) is 16.5. The molecule has 15 rings (SSSR count). The molecule has 0 unspecified atom stereocenters. The molecule has 6 nitrogen and oxygen atoms in total. The molecule has 10 aromatic carbocycles. The van der Waals surface area contributed by atoms with Crippen molar-refractivity contribution in [3.05, 3.63) is 231 Å². The van der Waals surface area contributed by atoms with Gasteiger partial charge in [0.25, 0.3) is 0 Å². The predicted molar refractivity (Wildman–Crippen MR) is 292 cm³/mol. The van der Waals surface area contributed by atoms with E-state index >= 15 is 0 Å². The van der Waals surface area contributed by atoms with Crippen LogP contribution in [0.1, 0.15) is 0 Å². The van der Waals surface area contributed by atoms with Crippen LogP contribution in [-0.2, 0) is 0 Å². The molecule has 0 saturated heterocycles. The highest BCUT2D eigenvalue weighted by Gasteiger charge is 2.25. The first-order valence-electron chi connectivity index (χ1n) is 23.6. The lowest BCUT2D eigenvalue weighted by atomic mass is 10.1. The van der Waals surface area contributed by atoms with Crippen LogP contribution in [0.4, 0.5) is 0 Å². The van der Waals surface area contributed by atoms with Crippen molar-refractivity contribution < 1.29 is 0 Å². The van der Waals surface area contributed by atoms with Gasteiger partial charge in [0.05, 0.1) is 33.1 Å². The average molecular weight is 911 g/mol. The summed E-state index contributed by atoms with van der Waals surface area (Å²) in [6, 6.07) is 82.7. The van der Waals surface area contributed by atoms with E-state index in [4.69, 9.17) is 15.0 Å². The number of hydrogen-bond donors (Lipinski definition) is 0. The zero-order chi connectivity index (χ0) is 45.9. The molecule has 0 fully saturated rings. The van der Waals surface area contributed by atoms with E-state index in [9.17, 15) is 0 Å². The van der Waals surface area contributed by atoms with Crippen molar-refractivity contribution in [2.75, 3.05) is 0 Å². The number of rotatable bonds is 6. The van der Waals surface area contributed by atoms with Gasteiger partial charge in [-0.15, -0.1) is 11.3 Å². The van der Waals surface area contributed by atoms with Crippen LogP contribution >= 0.6 is 11.3 Å². The van der Waals surface area contributed by atoms with E-state index in [0.29, 0.717) is 17.6 Å². The van der Waals surface area contributed by atoms with Gasteiger partial charge in [0.15, 0.2) is 11.6 Å². The highest BCUT2D eigenvalue weighted by atomic mass is 32.1. The molecule has 0 spiro atoms. The van der Waals surface area contributed by atoms with E-state index in [1.807, 2.05) is 18.2 Å². The molecule has 0 bridgehead atoms. The van der Waals surface area contributed by atoms with Crippen LogP contribution in [0.3, 0.4) is 0 Å². The first-order chi connectivity index (χ1) is 34.7. The molecule has 70 heavy (non-hydrogen) atoms. The van der Waals surface area contributed by atoms with Gasteiger partial charge in [0.2, 0.25) is 5.95 Å². The largest absolute Gasteiger partial charge is 0.309 e. The fraction of sp³-hybridized carbons (Fsp3) is 0. The van der Waals surface area contributed by atoms with Gasteiger partial charge in [0.1, 0.15) is 0 Å². The van der Waals surface area contributed by atoms with Crippen molar-refractivity contribution in [3.8, 4) is 51.2 Å². The maximum Gasteiger partial charge on any atom is 0.238 e. The Morgan fingerprint density at radius 3 is 1.51 bits per heavy atom. The van der Waals surface area contributed by atoms with Crippen molar-refractivity contribution >= 4 is 96.9 Å². The van der Waals surface area contributed by atoms with Crippen molar-refractivity contribution in [2.24, 2.45) is 0 Å². The number of aromatic nitrogens is 6. The van der Waals surface area contributed by atoms with Crippen LogP contribution < -0.4 is 0 Å². The van der Waals surface area contributed by atoms with Crippen LogP contribution in [0.2, 0.25) is 0 Å². The first-order valence-corrected chi connectivity index (χ1v) is 24.4. The molecule has 326 valence electrons. The van der Waals surface area contributed by atoms with Crippen molar-refractivity contribution in [2.45, 2.75) is 0 Å². The summed E-state index contributed by atoms with van der Waals surface area (Å²) in [5.41, 5.74) is 12.9. The Bertz CT molecular complexity index is 4540. The van der Waals surface area contributed by atoms with Gasteiger partial charge in [-0.25, -0.2) is 4.98 Å². The Hall–Kier alpha value is -9.17. The van der Waals surface area contributed by atoms with E-state index in [2.05, 4.69) is 226 Å². The number of benzene rings is 10. The molecule has 7 heteroatoms. The zero-order valence-electron chi connectivity index (χ0n) is 37.5. The molecule has 0 saturated carbocycles. The highest BCUT2D eigenvalue weighted by molar-refractivity contribution is 7.25. The molecule has 0 atom stereocenters. The van der Waals surface area contributed by atoms with Crippen LogP contribution in [0.25, 0.3) is 137 Å². The molecule has 0 aliphatic rings. The van der Waals surface area contributed by atoms with Crippen LogP contribution in [0.15, 0.2) is 231 Å². The minimum atomic E-state index is 0.548. The molecule has 5 aromatic heterocycles. The molecule has 15 aromatic rings. The molecule has 5 heterocycles. The summed E-state index contributed by atoms with van der Waals surface area (Å²) < 4.78 is 9.60. The van der Waals surface area contributed by atoms with Crippen molar-refractivity contribution in [3.63, 3.8) is 0 Å². The smallest absolute Gasteiger partial charge is 0.238 e. The van der Waals surface area contributed by atoms with Gasteiger partial charge in [-0.1, -0.05) is 170 Å². The van der Waals surface area contributed by atoms with E-state index in [1.54, 1.807) is 11.3 Å². The van der Waals surface area contributed by atoms with Crippen LogP contribution in [0, 0.1) is 0 Å². The van der Waals surface area contributed by atoms with Crippen molar-refractivity contribution in [1.82, 2.24) is 28.7 Å². The van der Waals surface area contributed by atoms with Gasteiger partial charge in [0, 0.05) is 75.0 Å². The number of thiophene rings is 1. The van der Waals surface area contributed by atoms with Gasteiger partial charge >= 0.3 is 0 Å². The maximum atomic E-state index is 5.53. The summed E-state index contributed by atoms with van der Waals surface area (Å²) in [4.78, 5) is 16.3. The second-order valence-electron chi connectivity index (χ2n) is 18.0. The molecule has 0 radical (unpaired) electrons. The number of nitrogens with zero attached hydrogens (tertiary/aromatic N) is 6. The lowest BCUT2D eigenvalue weighted by Gasteiger charge is -2.14. The van der Waals surface area contributed by atoms with E-state index in [-0.39, 0.29) is 0 Å². The first kappa shape index (κ1) is 38.9. The highest BCUT2D eigenvalue weighted by Crippen LogP contribution is 2.44. The number of hydrogen-bond acceptors (Lipinski definition) is 4. The van der Waals surface area contributed by atoms with E-state index in [0.717, 1.165) is 77.3 Å². The lowest BCUT2D eigenvalue weighted by molar-refractivity contribution is 0.953. The molecule has 0 amide bonds. The quantitative estimate of drug-likeness (QED) is 0.167. The molecular formula is C63H38N6S. The Labute approximate surface area is 405 Å². The fourth-order valence-electron chi connectivity index (χ4n) is 11.0. The summed E-state index contributed by atoms with van der Waals surface area (Å²) >= 11 is 1.80. The van der Waals surface area contributed by atoms with E-state index < -0.39 is 0 Å². The minimum Gasteiger partial charge on any atom is -0.309 e. The standard InChI is InChI=1S/C63H38N6S/c1-3-16-39(17-4-1)41-20-15-21-43(36-41)68-55-28-13-9-24-47(55)50-33-34-51-52-38-44(67-53-26-11-7-22-45(53)46-23-8-12-27-54(46)67)31-35-56(52)69(60(51)59(50)68)63-65-61(40-18-5-2-6-19-40)64-62(66-63)42-30-32-49-48-25-10-14-29-57(48)70-58(49)37-42/h1-38H.